The molecule has 0 N–H and O–H groups in total. The lowest BCUT2D eigenvalue weighted by Crippen LogP contribution is -2.42. The van der Waals surface area contributed by atoms with Crippen LogP contribution in [0.25, 0.3) is 0 Å². The van der Waals surface area contributed by atoms with Crippen LogP contribution in [-0.2, 0) is 16.0 Å². The molecule has 1 aromatic heterocycles. The number of rotatable bonds is 6. The van der Waals surface area contributed by atoms with Gasteiger partial charge in [0.2, 0.25) is 5.91 Å². The van der Waals surface area contributed by atoms with Gasteiger partial charge in [0, 0.05) is 44.7 Å². The van der Waals surface area contributed by atoms with E-state index in [0.29, 0.717) is 44.8 Å². The molecule has 0 radical (unpaired) electrons. The third-order valence-corrected chi connectivity index (χ3v) is 6.30. The molecule has 3 heterocycles. The van der Waals surface area contributed by atoms with E-state index in [1.807, 2.05) is 15.9 Å². The molecule has 0 spiro atoms. The molecule has 4 rings (SSSR count). The van der Waals surface area contributed by atoms with Crippen molar-refractivity contribution in [2.24, 2.45) is 0 Å². The Bertz CT molecular complexity index is 928. The smallest absolute Gasteiger partial charge is 0.255 e. The lowest BCUT2D eigenvalue weighted by molar-refractivity contribution is -0.132. The fourth-order valence-electron chi connectivity index (χ4n) is 4.54. The van der Waals surface area contributed by atoms with Crippen molar-refractivity contribution in [2.45, 2.75) is 38.0 Å². The summed E-state index contributed by atoms with van der Waals surface area (Å²) in [6.07, 6.45) is 5.49. The Morgan fingerprint density at radius 2 is 1.84 bits per heavy atom. The van der Waals surface area contributed by atoms with E-state index in [1.165, 1.54) is 12.1 Å². The van der Waals surface area contributed by atoms with Crippen molar-refractivity contribution in [3.63, 3.8) is 0 Å². The van der Waals surface area contributed by atoms with Gasteiger partial charge in [-0.05, 0) is 55.5 Å². The maximum absolute atomic E-state index is 13.1. The number of hydrogen-bond acceptors (Lipinski definition) is 4. The minimum atomic E-state index is -0.245. The predicted molar refractivity (Wildman–Crippen MR) is 119 cm³/mol. The number of benzene rings is 1. The summed E-state index contributed by atoms with van der Waals surface area (Å²) in [4.78, 5) is 34.3. The van der Waals surface area contributed by atoms with Gasteiger partial charge in [0.15, 0.2) is 0 Å². The Labute approximate surface area is 188 Å². The van der Waals surface area contributed by atoms with E-state index in [2.05, 4.69) is 4.98 Å². The van der Waals surface area contributed by atoms with Gasteiger partial charge in [0.1, 0.15) is 5.82 Å². The van der Waals surface area contributed by atoms with E-state index < -0.39 is 0 Å². The largest absolute Gasteiger partial charge is 0.378 e. The highest BCUT2D eigenvalue weighted by molar-refractivity contribution is 5.95. The van der Waals surface area contributed by atoms with Gasteiger partial charge < -0.3 is 14.5 Å². The minimum Gasteiger partial charge on any atom is -0.378 e. The second-order valence-electron chi connectivity index (χ2n) is 8.50. The van der Waals surface area contributed by atoms with Crippen molar-refractivity contribution in [1.29, 1.82) is 0 Å². The number of ether oxygens (including phenoxy) is 1. The lowest BCUT2D eigenvalue weighted by Gasteiger charge is -2.34. The van der Waals surface area contributed by atoms with Crippen LogP contribution in [0, 0.1) is 5.82 Å². The molecule has 0 aliphatic carbocycles. The van der Waals surface area contributed by atoms with Crippen molar-refractivity contribution in [3.05, 3.63) is 65.2 Å². The minimum absolute atomic E-state index is 0.000789. The number of carbonyl (C=O) groups is 2. The summed E-state index contributed by atoms with van der Waals surface area (Å²) in [5.41, 5.74) is 2.48. The van der Waals surface area contributed by atoms with Crippen LogP contribution in [0.5, 0.6) is 0 Å². The number of halogens is 1. The molecular formula is C25H30FN3O3. The molecule has 0 bridgehead atoms. The van der Waals surface area contributed by atoms with Crippen LogP contribution in [0.3, 0.4) is 0 Å². The van der Waals surface area contributed by atoms with Crippen molar-refractivity contribution < 1.29 is 18.7 Å². The predicted octanol–water partition coefficient (Wildman–Crippen LogP) is 3.42. The highest BCUT2D eigenvalue weighted by Gasteiger charge is 2.30. The SMILES string of the molecule is O=C(CCCc1ccc(F)cc1)N1CCC[C@@H](c2ncccc2C(=O)N2CCOCC2)C1. The summed E-state index contributed by atoms with van der Waals surface area (Å²) in [6.45, 7) is 3.64. The third kappa shape index (κ3) is 5.51. The van der Waals surface area contributed by atoms with Crippen molar-refractivity contribution in [1.82, 2.24) is 14.8 Å². The number of carbonyl (C=O) groups excluding carboxylic acids is 2. The van der Waals surface area contributed by atoms with Gasteiger partial charge in [0.05, 0.1) is 24.5 Å². The van der Waals surface area contributed by atoms with Crippen LogP contribution in [0.4, 0.5) is 4.39 Å². The number of aryl methyl sites for hydroxylation is 1. The van der Waals surface area contributed by atoms with Crippen LogP contribution >= 0.6 is 0 Å². The molecule has 1 atom stereocenters. The summed E-state index contributed by atoms with van der Waals surface area (Å²) in [5.74, 6) is -0.0517. The second kappa shape index (κ2) is 10.7. The first-order valence-electron chi connectivity index (χ1n) is 11.5. The van der Waals surface area contributed by atoms with E-state index in [4.69, 9.17) is 4.74 Å². The maximum atomic E-state index is 13.1. The first-order chi connectivity index (χ1) is 15.6. The Morgan fingerprint density at radius 1 is 1.06 bits per heavy atom. The van der Waals surface area contributed by atoms with Gasteiger partial charge in [-0.25, -0.2) is 4.39 Å². The standard InChI is InChI=1S/C25H30FN3O3/c26-21-10-8-19(9-11-21)4-1-7-23(30)29-13-3-5-20(18-29)24-22(6-2-12-27-24)25(31)28-14-16-32-17-15-28/h2,6,8-12,20H,1,3-5,7,13-18H2/t20-/m1/s1. The normalized spacial score (nSPS) is 19.1. The van der Waals surface area contributed by atoms with Gasteiger partial charge in [-0.1, -0.05) is 12.1 Å². The number of morpholine rings is 1. The fraction of sp³-hybridized carbons (Fsp3) is 0.480. The van der Waals surface area contributed by atoms with Crippen molar-refractivity contribution in [3.8, 4) is 0 Å². The maximum Gasteiger partial charge on any atom is 0.255 e. The lowest BCUT2D eigenvalue weighted by atomic mass is 9.90. The van der Waals surface area contributed by atoms with E-state index in [0.717, 1.165) is 43.5 Å². The molecule has 0 saturated carbocycles. The molecule has 2 aliphatic rings. The van der Waals surface area contributed by atoms with Crippen LogP contribution < -0.4 is 0 Å². The van der Waals surface area contributed by atoms with E-state index in [9.17, 15) is 14.0 Å². The summed E-state index contributed by atoms with van der Waals surface area (Å²) < 4.78 is 18.4. The molecule has 2 fully saturated rings. The fourth-order valence-corrected chi connectivity index (χ4v) is 4.54. The summed E-state index contributed by atoms with van der Waals surface area (Å²) in [5, 5.41) is 0. The number of aromatic nitrogens is 1. The van der Waals surface area contributed by atoms with Crippen LogP contribution in [0.2, 0.25) is 0 Å². The molecule has 1 aromatic carbocycles. The molecule has 170 valence electrons. The quantitative estimate of drug-likeness (QED) is 0.692. The summed E-state index contributed by atoms with van der Waals surface area (Å²) in [7, 11) is 0. The number of nitrogens with zero attached hydrogens (tertiary/aromatic N) is 3. The van der Waals surface area contributed by atoms with E-state index >= 15 is 0 Å². The van der Waals surface area contributed by atoms with Gasteiger partial charge >= 0.3 is 0 Å². The molecular weight excluding hydrogens is 409 g/mol. The van der Waals surface area contributed by atoms with Gasteiger partial charge in [0.25, 0.3) is 5.91 Å². The molecule has 2 saturated heterocycles. The molecule has 32 heavy (non-hydrogen) atoms. The van der Waals surface area contributed by atoms with Gasteiger partial charge in [-0.2, -0.15) is 0 Å². The topological polar surface area (TPSA) is 62.7 Å². The summed E-state index contributed by atoms with van der Waals surface area (Å²) in [6, 6.07) is 10.1. The number of amides is 2. The zero-order valence-corrected chi connectivity index (χ0v) is 18.3. The third-order valence-electron chi connectivity index (χ3n) is 6.30. The number of piperidine rings is 1. The van der Waals surface area contributed by atoms with Crippen molar-refractivity contribution >= 4 is 11.8 Å². The Balaban J connectivity index is 1.36. The molecule has 7 heteroatoms. The van der Waals surface area contributed by atoms with Crippen LogP contribution in [-0.4, -0.2) is 66.0 Å². The van der Waals surface area contributed by atoms with E-state index in [1.54, 1.807) is 24.4 Å². The highest BCUT2D eigenvalue weighted by Crippen LogP contribution is 2.29. The Morgan fingerprint density at radius 3 is 2.62 bits per heavy atom. The first kappa shape index (κ1) is 22.4. The molecule has 2 aliphatic heterocycles. The summed E-state index contributed by atoms with van der Waals surface area (Å²) >= 11 is 0. The van der Waals surface area contributed by atoms with Crippen LogP contribution in [0.15, 0.2) is 42.6 Å². The Kier molecular flexibility index (Phi) is 7.47. The second-order valence-corrected chi connectivity index (χ2v) is 8.50. The molecule has 2 aromatic rings. The number of likely N-dealkylation sites (tertiary alicyclic amines) is 1. The van der Waals surface area contributed by atoms with Crippen molar-refractivity contribution in [2.75, 3.05) is 39.4 Å². The zero-order chi connectivity index (χ0) is 22.3. The van der Waals surface area contributed by atoms with Gasteiger partial charge in [-0.3, -0.25) is 14.6 Å². The number of pyridine rings is 1. The molecule has 0 unspecified atom stereocenters. The number of hydrogen-bond donors (Lipinski definition) is 0. The monoisotopic (exact) mass is 439 g/mol. The van der Waals surface area contributed by atoms with E-state index in [-0.39, 0.29) is 23.5 Å². The molecule has 2 amide bonds. The highest BCUT2D eigenvalue weighted by atomic mass is 19.1. The first-order valence-corrected chi connectivity index (χ1v) is 11.5. The Hall–Kier alpha value is -2.80. The molecule has 6 nitrogen and oxygen atoms in total. The average Bonchev–Trinajstić information content (AvgIpc) is 2.85. The van der Waals surface area contributed by atoms with Gasteiger partial charge in [-0.15, -0.1) is 0 Å². The average molecular weight is 440 g/mol. The van der Waals surface area contributed by atoms with Crippen LogP contribution in [0.1, 0.15) is 53.2 Å². The zero-order valence-electron chi connectivity index (χ0n) is 18.3.